The third-order valence-corrected chi connectivity index (χ3v) is 2.35. The SMILES string of the molecule is CCC(N)C1OCC[C@@H](O)[C@H]1O.CO.CS. The molecule has 5 N–H and O–H groups in total. The van der Waals surface area contributed by atoms with Gasteiger partial charge in [-0.1, -0.05) is 6.92 Å². The summed E-state index contributed by atoms with van der Waals surface area (Å²) in [7, 11) is 1.00. The molecule has 0 amide bonds. The zero-order valence-electron chi connectivity index (χ0n) is 10.2. The zero-order valence-corrected chi connectivity index (χ0v) is 11.1. The van der Waals surface area contributed by atoms with E-state index in [0.717, 1.165) is 13.5 Å². The number of aliphatic hydroxyl groups is 3. The van der Waals surface area contributed by atoms with Crippen molar-refractivity contribution < 1.29 is 20.1 Å². The Morgan fingerprint density at radius 1 is 1.38 bits per heavy atom. The molecule has 1 rings (SSSR count). The smallest absolute Gasteiger partial charge is 0.108 e. The third-order valence-electron chi connectivity index (χ3n) is 2.35. The summed E-state index contributed by atoms with van der Waals surface area (Å²) in [6.07, 6.45) is 1.02. The Kier molecular flexibility index (Phi) is 13.5. The lowest BCUT2D eigenvalue weighted by molar-refractivity contribution is -0.142. The predicted octanol–water partition coefficient (Wildman–Crippen LogP) is -0.611. The standard InChI is InChI=1S/C8H17NO3.CH4O.CH4S/c1-2-5(9)8-7(11)6(10)3-4-12-8;2*1-2/h5-8,10-11H,2-4,9H2,1H3;2*2H,1H3/t5?,6-,7-,8?;;/m1../s1. The van der Waals surface area contributed by atoms with Crippen molar-refractivity contribution in [2.75, 3.05) is 20.0 Å². The van der Waals surface area contributed by atoms with E-state index in [9.17, 15) is 10.2 Å². The van der Waals surface area contributed by atoms with Gasteiger partial charge < -0.3 is 25.8 Å². The molecule has 16 heavy (non-hydrogen) atoms. The maximum absolute atomic E-state index is 9.48. The van der Waals surface area contributed by atoms with Crippen molar-refractivity contribution in [3.8, 4) is 0 Å². The second-order valence-corrected chi connectivity index (χ2v) is 3.25. The molecule has 0 radical (unpaired) electrons. The van der Waals surface area contributed by atoms with E-state index >= 15 is 0 Å². The van der Waals surface area contributed by atoms with Crippen LogP contribution in [0.15, 0.2) is 0 Å². The molecule has 0 aliphatic carbocycles. The molecule has 1 aliphatic heterocycles. The highest BCUT2D eigenvalue weighted by Crippen LogP contribution is 2.17. The molecule has 2 unspecified atom stereocenters. The quantitative estimate of drug-likeness (QED) is 0.424. The highest BCUT2D eigenvalue weighted by molar-refractivity contribution is 7.79. The first-order chi connectivity index (χ1) is 7.66. The molecular weight excluding hydrogens is 230 g/mol. The van der Waals surface area contributed by atoms with Gasteiger partial charge in [0.1, 0.15) is 12.2 Å². The van der Waals surface area contributed by atoms with Crippen LogP contribution in [0.3, 0.4) is 0 Å². The van der Waals surface area contributed by atoms with Gasteiger partial charge in [0.25, 0.3) is 0 Å². The minimum absolute atomic E-state index is 0.185. The van der Waals surface area contributed by atoms with Crippen molar-refractivity contribution in [2.24, 2.45) is 5.73 Å². The summed E-state index contributed by atoms with van der Waals surface area (Å²) in [4.78, 5) is 0. The summed E-state index contributed by atoms with van der Waals surface area (Å²) >= 11 is 3.53. The Morgan fingerprint density at radius 3 is 2.31 bits per heavy atom. The summed E-state index contributed by atoms with van der Waals surface area (Å²) in [6.45, 7) is 2.42. The van der Waals surface area contributed by atoms with Crippen LogP contribution in [-0.2, 0) is 4.74 Å². The fourth-order valence-electron chi connectivity index (χ4n) is 1.42. The molecule has 0 aromatic heterocycles. The maximum atomic E-state index is 9.48. The molecule has 0 spiro atoms. The molecule has 0 aromatic rings. The summed E-state index contributed by atoms with van der Waals surface area (Å²) in [6, 6.07) is -0.185. The van der Waals surface area contributed by atoms with Crippen LogP contribution in [-0.4, -0.2) is 59.6 Å². The van der Waals surface area contributed by atoms with E-state index in [1.807, 2.05) is 6.92 Å². The summed E-state index contributed by atoms with van der Waals surface area (Å²) < 4.78 is 5.28. The van der Waals surface area contributed by atoms with Crippen LogP contribution in [0, 0.1) is 0 Å². The van der Waals surface area contributed by atoms with Gasteiger partial charge in [0.2, 0.25) is 0 Å². The van der Waals surface area contributed by atoms with Gasteiger partial charge in [-0.25, -0.2) is 0 Å². The van der Waals surface area contributed by atoms with Gasteiger partial charge in [-0.05, 0) is 19.1 Å². The van der Waals surface area contributed by atoms with E-state index in [0.29, 0.717) is 13.0 Å². The van der Waals surface area contributed by atoms with Crippen molar-refractivity contribution in [1.82, 2.24) is 0 Å². The maximum Gasteiger partial charge on any atom is 0.108 e. The molecule has 4 atom stereocenters. The first-order valence-corrected chi connectivity index (χ1v) is 6.19. The number of thiol groups is 1. The molecule has 1 heterocycles. The van der Waals surface area contributed by atoms with Gasteiger partial charge in [0, 0.05) is 19.8 Å². The topological polar surface area (TPSA) is 95.9 Å². The molecule has 1 fully saturated rings. The Bertz CT molecular complexity index is 151. The Morgan fingerprint density at radius 2 is 1.88 bits per heavy atom. The van der Waals surface area contributed by atoms with Crippen molar-refractivity contribution in [3.63, 3.8) is 0 Å². The average Bonchev–Trinajstić information content (AvgIpc) is 2.37. The number of nitrogens with two attached hydrogens (primary N) is 1. The van der Waals surface area contributed by atoms with E-state index in [4.69, 9.17) is 15.6 Å². The number of rotatable bonds is 2. The van der Waals surface area contributed by atoms with Crippen molar-refractivity contribution in [1.29, 1.82) is 0 Å². The van der Waals surface area contributed by atoms with Gasteiger partial charge in [0.15, 0.2) is 0 Å². The van der Waals surface area contributed by atoms with Crippen LogP contribution in [0.2, 0.25) is 0 Å². The van der Waals surface area contributed by atoms with Crippen LogP contribution < -0.4 is 5.73 Å². The molecule has 100 valence electrons. The average molecular weight is 255 g/mol. The highest BCUT2D eigenvalue weighted by atomic mass is 32.1. The van der Waals surface area contributed by atoms with E-state index in [1.165, 1.54) is 0 Å². The molecule has 5 nitrogen and oxygen atoms in total. The number of ether oxygens (including phenoxy) is 1. The minimum Gasteiger partial charge on any atom is -0.400 e. The number of hydrogen-bond donors (Lipinski definition) is 5. The molecule has 1 saturated heterocycles. The van der Waals surface area contributed by atoms with Crippen LogP contribution >= 0.6 is 12.6 Å². The summed E-state index contributed by atoms with van der Waals surface area (Å²) in [5.41, 5.74) is 5.70. The lowest BCUT2D eigenvalue weighted by atomic mass is 9.96. The van der Waals surface area contributed by atoms with Crippen LogP contribution in [0.25, 0.3) is 0 Å². The molecular formula is C10H25NO4S. The van der Waals surface area contributed by atoms with Crippen molar-refractivity contribution in [3.05, 3.63) is 0 Å². The van der Waals surface area contributed by atoms with E-state index < -0.39 is 18.3 Å². The van der Waals surface area contributed by atoms with Gasteiger partial charge >= 0.3 is 0 Å². The molecule has 0 bridgehead atoms. The molecule has 0 saturated carbocycles. The minimum atomic E-state index is -0.825. The van der Waals surface area contributed by atoms with Gasteiger partial charge in [-0.2, -0.15) is 12.6 Å². The van der Waals surface area contributed by atoms with Gasteiger partial charge in [0.05, 0.1) is 6.10 Å². The third kappa shape index (κ3) is 6.03. The van der Waals surface area contributed by atoms with Crippen LogP contribution in [0.1, 0.15) is 19.8 Å². The second kappa shape index (κ2) is 11.6. The van der Waals surface area contributed by atoms with Crippen molar-refractivity contribution in [2.45, 2.75) is 44.1 Å². The Hall–Kier alpha value is 0.150. The van der Waals surface area contributed by atoms with E-state index in [-0.39, 0.29) is 6.04 Å². The monoisotopic (exact) mass is 255 g/mol. The molecule has 1 aliphatic rings. The number of hydrogen-bond acceptors (Lipinski definition) is 6. The summed E-state index contributed by atoms with van der Waals surface area (Å²) in [5, 5.41) is 25.8. The zero-order chi connectivity index (χ0) is 13.1. The lowest BCUT2D eigenvalue weighted by Crippen LogP contribution is -2.53. The van der Waals surface area contributed by atoms with Crippen molar-refractivity contribution >= 4 is 12.6 Å². The second-order valence-electron chi connectivity index (χ2n) is 3.25. The first kappa shape index (κ1) is 18.5. The fourth-order valence-corrected chi connectivity index (χ4v) is 1.42. The van der Waals surface area contributed by atoms with Gasteiger partial charge in [-0.3, -0.25) is 0 Å². The van der Waals surface area contributed by atoms with Crippen LogP contribution in [0.5, 0.6) is 0 Å². The molecule has 6 heteroatoms. The van der Waals surface area contributed by atoms with E-state index in [2.05, 4.69) is 12.6 Å². The summed E-state index contributed by atoms with van der Waals surface area (Å²) in [5.74, 6) is 0. The molecule has 0 aromatic carbocycles. The Balaban J connectivity index is 0. The van der Waals surface area contributed by atoms with E-state index in [1.54, 1.807) is 6.26 Å². The normalized spacial score (nSPS) is 30.4. The first-order valence-electron chi connectivity index (χ1n) is 5.29. The van der Waals surface area contributed by atoms with Crippen LogP contribution in [0.4, 0.5) is 0 Å². The van der Waals surface area contributed by atoms with Gasteiger partial charge in [-0.15, -0.1) is 0 Å². The lowest BCUT2D eigenvalue weighted by Gasteiger charge is -2.35. The largest absolute Gasteiger partial charge is 0.400 e. The highest BCUT2D eigenvalue weighted by Gasteiger charge is 2.34. The predicted molar refractivity (Wildman–Crippen MR) is 67.7 cm³/mol. The fraction of sp³-hybridized carbons (Fsp3) is 1.00. The Labute approximate surface area is 103 Å². The number of aliphatic hydroxyl groups excluding tert-OH is 3.